The fourth-order valence-electron chi connectivity index (χ4n) is 3.37. The van der Waals surface area contributed by atoms with Crippen molar-refractivity contribution in [2.75, 3.05) is 11.1 Å². The van der Waals surface area contributed by atoms with E-state index < -0.39 is 13.1 Å². The van der Waals surface area contributed by atoms with Crippen molar-refractivity contribution in [3.63, 3.8) is 0 Å². The van der Waals surface area contributed by atoms with Crippen molar-refractivity contribution in [1.82, 2.24) is 9.78 Å². The molecule has 154 valence electrons. The monoisotopic (exact) mass is 443 g/mol. The van der Waals surface area contributed by atoms with E-state index in [9.17, 15) is 19.4 Å². The molecule has 3 aromatic rings. The van der Waals surface area contributed by atoms with Gasteiger partial charge in [0, 0.05) is 12.2 Å². The summed E-state index contributed by atoms with van der Waals surface area (Å²) in [5.41, 5.74) is 5.86. The van der Waals surface area contributed by atoms with Gasteiger partial charge in [-0.3, -0.25) is 9.36 Å². The van der Waals surface area contributed by atoms with Crippen molar-refractivity contribution in [2.24, 2.45) is 10.7 Å². The van der Waals surface area contributed by atoms with Gasteiger partial charge in [0.05, 0.1) is 15.9 Å². The van der Waals surface area contributed by atoms with Gasteiger partial charge < -0.3 is 21.1 Å². The van der Waals surface area contributed by atoms with Crippen LogP contribution in [0.25, 0.3) is 10.6 Å². The molecule has 0 spiro atoms. The van der Waals surface area contributed by atoms with Crippen LogP contribution in [-0.2, 0) is 11.1 Å². The normalized spacial score (nSPS) is 20.4. The number of amidine groups is 1. The average Bonchev–Trinajstić information content (AvgIpc) is 3.34. The number of hydrogen-bond acceptors (Lipinski definition) is 7. The van der Waals surface area contributed by atoms with Crippen LogP contribution in [0.15, 0.2) is 45.3 Å². The Morgan fingerprint density at radius 3 is 2.83 bits per heavy atom. The van der Waals surface area contributed by atoms with Gasteiger partial charge in [0.2, 0.25) is 0 Å². The molecular weight excluding hydrogens is 425 g/mol. The Balaban J connectivity index is 1.71. The highest BCUT2D eigenvalue weighted by Gasteiger charge is 2.34. The second-order valence-corrected chi connectivity index (χ2v) is 10.1. The molecule has 1 atom stereocenters. The van der Waals surface area contributed by atoms with Crippen LogP contribution in [-0.4, -0.2) is 25.6 Å². The molecule has 1 aliphatic heterocycles. The van der Waals surface area contributed by atoms with Gasteiger partial charge in [0.1, 0.15) is 11.3 Å². The van der Waals surface area contributed by atoms with E-state index in [0.29, 0.717) is 28.7 Å². The summed E-state index contributed by atoms with van der Waals surface area (Å²) in [6, 6.07) is 8.09. The van der Waals surface area contributed by atoms with Gasteiger partial charge in [0.15, 0.2) is 11.6 Å². The van der Waals surface area contributed by atoms with E-state index in [4.69, 9.17) is 5.73 Å². The number of nitrogens with two attached hydrogens (primary N) is 1. The van der Waals surface area contributed by atoms with Crippen LogP contribution in [0.2, 0.25) is 0 Å². The van der Waals surface area contributed by atoms with Crippen molar-refractivity contribution in [2.45, 2.75) is 19.4 Å². The number of aromatic hydroxyl groups is 1. The van der Waals surface area contributed by atoms with E-state index in [1.165, 1.54) is 22.1 Å². The third-order valence-corrected chi connectivity index (χ3v) is 7.42. The summed E-state index contributed by atoms with van der Waals surface area (Å²) in [5, 5.41) is 20.1. The van der Waals surface area contributed by atoms with Crippen LogP contribution in [0.5, 0.6) is 5.75 Å². The van der Waals surface area contributed by atoms with Crippen LogP contribution in [0.4, 0.5) is 11.4 Å². The van der Waals surface area contributed by atoms with E-state index in [1.54, 1.807) is 18.2 Å². The molecule has 9 nitrogen and oxygen atoms in total. The fraction of sp³-hybridized carbons (Fsp3) is 0.211. The van der Waals surface area contributed by atoms with E-state index in [1.807, 2.05) is 11.4 Å². The van der Waals surface area contributed by atoms with Gasteiger partial charge in [-0.2, -0.15) is 9.86 Å². The highest BCUT2D eigenvalue weighted by molar-refractivity contribution is 7.65. The van der Waals surface area contributed by atoms with Gasteiger partial charge in [-0.05, 0) is 48.4 Å². The van der Waals surface area contributed by atoms with Crippen molar-refractivity contribution in [3.05, 3.63) is 51.6 Å². The minimum absolute atomic E-state index is 0.0524. The number of aromatic nitrogens is 2. The maximum Gasteiger partial charge on any atom is 0.346 e. The zero-order valence-electron chi connectivity index (χ0n) is 15.6. The molecular formula is C19H18N5O4PS. The maximum atomic E-state index is 13.2. The third-order valence-electron chi connectivity index (χ3n) is 5.07. The van der Waals surface area contributed by atoms with E-state index in [2.05, 4.69) is 15.2 Å². The average molecular weight is 443 g/mol. The predicted octanol–water partition coefficient (Wildman–Crippen LogP) is 2.35. The fourth-order valence-corrected chi connectivity index (χ4v) is 5.37. The molecule has 0 amide bonds. The number of nitrogen functional groups attached to an aromatic ring is 1. The second kappa shape index (κ2) is 6.80. The lowest BCUT2D eigenvalue weighted by Crippen LogP contribution is -2.35. The van der Waals surface area contributed by atoms with E-state index in [0.717, 1.165) is 12.8 Å². The lowest BCUT2D eigenvalue weighted by atomic mass is 10.1. The Morgan fingerprint density at radius 2 is 2.13 bits per heavy atom. The molecule has 11 heteroatoms. The summed E-state index contributed by atoms with van der Waals surface area (Å²) in [7, 11) is -4.20. The lowest BCUT2D eigenvalue weighted by molar-refractivity contribution is 0.456. The lowest BCUT2D eigenvalue weighted by Gasteiger charge is -2.23. The standard InChI is InChI=1S/C19H18N5O4PS/c20-11-5-6-12-13(8-11)29(27,28)23-18(21-12)15-17(25)16(14-2-1-7-30-14)22-24(19(15)26)9-10-3-4-10/h1-2,5-8,10,25H,3-4,9,20H2,(H2,21,23,27,28). The van der Waals surface area contributed by atoms with Crippen molar-refractivity contribution in [3.8, 4) is 16.3 Å². The van der Waals surface area contributed by atoms with Crippen LogP contribution >= 0.6 is 18.9 Å². The number of thiophene rings is 1. The number of nitrogens with zero attached hydrogens (tertiary/aromatic N) is 3. The third kappa shape index (κ3) is 3.23. The number of nitrogens with one attached hydrogen (secondary N) is 1. The number of fused-ring (bicyclic) bond motifs is 1. The van der Waals surface area contributed by atoms with Crippen molar-refractivity contribution < 1.29 is 14.6 Å². The topological polar surface area (TPSA) is 143 Å². The molecule has 2 aromatic heterocycles. The predicted molar refractivity (Wildman–Crippen MR) is 117 cm³/mol. The highest BCUT2D eigenvalue weighted by Crippen LogP contribution is 2.47. The molecule has 1 aliphatic carbocycles. The first kappa shape index (κ1) is 19.0. The molecule has 5 N–H and O–H groups in total. The SMILES string of the molecule is Nc1ccc2c(c1)P(=O)(O)N=C(c1c(O)c(-c3cccs3)nn(CC3CC3)c1=O)N2. The summed E-state index contributed by atoms with van der Waals surface area (Å²) >= 11 is 1.37. The van der Waals surface area contributed by atoms with Crippen LogP contribution < -0.4 is 21.9 Å². The number of rotatable bonds is 4. The molecule has 1 aromatic carbocycles. The molecule has 1 fully saturated rings. The summed E-state index contributed by atoms with van der Waals surface area (Å²) in [6.07, 6.45) is 2.02. The molecule has 30 heavy (non-hydrogen) atoms. The first-order valence-corrected chi connectivity index (χ1v) is 11.8. The minimum Gasteiger partial charge on any atom is -0.505 e. The molecule has 0 bridgehead atoms. The van der Waals surface area contributed by atoms with Gasteiger partial charge in [-0.15, -0.1) is 11.3 Å². The number of benzene rings is 1. The molecule has 2 aliphatic rings. The van der Waals surface area contributed by atoms with Gasteiger partial charge in [0.25, 0.3) is 5.56 Å². The largest absolute Gasteiger partial charge is 0.505 e. The molecule has 0 radical (unpaired) electrons. The Kier molecular flexibility index (Phi) is 4.32. The summed E-state index contributed by atoms with van der Waals surface area (Å²) < 4.78 is 18.1. The Hall–Kier alpha value is -2.94. The Bertz CT molecular complexity index is 1300. The smallest absolute Gasteiger partial charge is 0.346 e. The van der Waals surface area contributed by atoms with Crippen molar-refractivity contribution >= 4 is 41.4 Å². The zero-order valence-corrected chi connectivity index (χ0v) is 17.4. The maximum absolute atomic E-state index is 13.2. The highest BCUT2D eigenvalue weighted by atomic mass is 32.1. The van der Waals surface area contributed by atoms with Gasteiger partial charge >= 0.3 is 7.52 Å². The van der Waals surface area contributed by atoms with E-state index in [-0.39, 0.29) is 28.1 Å². The van der Waals surface area contributed by atoms with Crippen LogP contribution in [0.3, 0.4) is 0 Å². The first-order valence-electron chi connectivity index (χ1n) is 9.32. The Labute approximate surface area is 175 Å². The Morgan fingerprint density at radius 1 is 1.33 bits per heavy atom. The van der Waals surface area contributed by atoms with Gasteiger partial charge in [-0.25, -0.2) is 4.68 Å². The van der Waals surface area contributed by atoms with Gasteiger partial charge in [-0.1, -0.05) is 6.07 Å². The van der Waals surface area contributed by atoms with Crippen molar-refractivity contribution in [1.29, 1.82) is 0 Å². The first-order chi connectivity index (χ1) is 14.3. The number of anilines is 2. The summed E-state index contributed by atoms with van der Waals surface area (Å²) in [5.74, 6) is -0.178. The number of hydrogen-bond donors (Lipinski definition) is 4. The minimum atomic E-state index is -4.20. The molecule has 0 saturated heterocycles. The molecule has 3 heterocycles. The second-order valence-electron chi connectivity index (χ2n) is 7.37. The molecule has 1 unspecified atom stereocenters. The van der Waals surface area contributed by atoms with Crippen LogP contribution in [0.1, 0.15) is 18.4 Å². The molecule has 1 saturated carbocycles. The summed E-state index contributed by atoms with van der Waals surface area (Å²) in [6.45, 7) is 0.418. The zero-order chi connectivity index (χ0) is 21.0. The van der Waals surface area contributed by atoms with Crippen LogP contribution in [0, 0.1) is 5.92 Å². The quantitative estimate of drug-likeness (QED) is 0.358. The van der Waals surface area contributed by atoms with E-state index >= 15 is 0 Å². The molecule has 5 rings (SSSR count). The summed E-state index contributed by atoms with van der Waals surface area (Å²) in [4.78, 5) is 24.4.